The maximum atomic E-state index is 1.66. The molecule has 0 aromatic heterocycles. The van der Waals surface area contributed by atoms with Crippen LogP contribution < -0.4 is 0 Å². The largest absolute Gasteiger partial charge is 0.0762 e. The predicted molar refractivity (Wildman–Crippen MR) is 28.2 cm³/mol. The summed E-state index contributed by atoms with van der Waals surface area (Å²) in [5.41, 5.74) is 0. The predicted octanol–water partition coefficient (Wildman–Crippen LogP) is 2.20. The van der Waals surface area contributed by atoms with E-state index in [1.807, 2.05) is 0 Å². The van der Waals surface area contributed by atoms with Crippen molar-refractivity contribution < 1.29 is 0 Å². The minimum Gasteiger partial charge on any atom is -0.0762 e. The van der Waals surface area contributed by atoms with Crippen molar-refractivity contribution in [2.75, 3.05) is 12.3 Å². The van der Waals surface area contributed by atoms with Crippen molar-refractivity contribution in [3.63, 3.8) is 0 Å². The van der Waals surface area contributed by atoms with Gasteiger partial charge in [-0.15, -0.1) is 0 Å². The first-order valence-corrected chi connectivity index (χ1v) is 4.70. The number of rotatable bonds is 0. The van der Waals surface area contributed by atoms with E-state index in [0.717, 1.165) is 0 Å². The first kappa shape index (κ1) is 3.78. The highest BCUT2D eigenvalue weighted by atomic mass is 31.7. The molecule has 0 saturated carbocycles. The van der Waals surface area contributed by atoms with Crippen LogP contribution >= 0.6 is 15.7 Å². The van der Waals surface area contributed by atoms with Crippen molar-refractivity contribution >= 4 is 15.7 Å². The maximum Gasteiger partial charge on any atom is -0.00595 e. The fourth-order valence-corrected chi connectivity index (χ4v) is 3.18. The van der Waals surface area contributed by atoms with Gasteiger partial charge >= 0.3 is 0 Å². The SMILES string of the molecule is C1CP=PC1. The van der Waals surface area contributed by atoms with Crippen molar-refractivity contribution in [3.05, 3.63) is 0 Å². The molecular formula is C3H6P2. The van der Waals surface area contributed by atoms with Gasteiger partial charge in [0.1, 0.15) is 0 Å². The molecule has 1 aliphatic rings. The van der Waals surface area contributed by atoms with Crippen molar-refractivity contribution in [1.82, 2.24) is 0 Å². The summed E-state index contributed by atoms with van der Waals surface area (Å²) in [6.07, 6.45) is 4.40. The normalized spacial score (nSPS) is 27.2. The molecule has 0 N–H and O–H groups in total. The van der Waals surface area contributed by atoms with Crippen molar-refractivity contribution in [2.45, 2.75) is 6.42 Å². The monoisotopic (exact) mass is 104 g/mol. The van der Waals surface area contributed by atoms with Crippen LogP contribution in [0.25, 0.3) is 0 Å². The van der Waals surface area contributed by atoms with Gasteiger partial charge < -0.3 is 0 Å². The Morgan fingerprint density at radius 3 is 1.80 bits per heavy atom. The van der Waals surface area contributed by atoms with Crippen LogP contribution in [0.4, 0.5) is 0 Å². The zero-order valence-electron chi connectivity index (χ0n) is 3.02. The van der Waals surface area contributed by atoms with E-state index in [4.69, 9.17) is 0 Å². The average Bonchev–Trinajstić information content (AvgIpc) is 1.76. The third kappa shape index (κ3) is 0.992. The van der Waals surface area contributed by atoms with E-state index in [-0.39, 0.29) is 0 Å². The van der Waals surface area contributed by atoms with Gasteiger partial charge in [0.2, 0.25) is 0 Å². The lowest BCUT2D eigenvalue weighted by molar-refractivity contribution is 1.14. The Morgan fingerprint density at radius 1 is 1.00 bits per heavy atom. The highest BCUT2D eigenvalue weighted by molar-refractivity contribution is 7.84. The Balaban J connectivity index is 2.32. The molecule has 0 bridgehead atoms. The number of hydrogen-bond acceptors (Lipinski definition) is 0. The van der Waals surface area contributed by atoms with Gasteiger partial charge in [-0.2, -0.15) is 0 Å². The molecule has 1 rings (SSSR count). The van der Waals surface area contributed by atoms with E-state index in [1.165, 1.54) is 18.7 Å². The standard InChI is InChI=1S/C3H6P2/c1-2-4-5-3-1/h1-3H2. The fraction of sp³-hybridized carbons (Fsp3) is 1.00. The molecule has 1 aliphatic heterocycles. The summed E-state index contributed by atoms with van der Waals surface area (Å²) in [7, 11) is 3.33. The zero-order chi connectivity index (χ0) is 3.54. The second-order valence-electron chi connectivity index (χ2n) is 1.08. The van der Waals surface area contributed by atoms with E-state index in [2.05, 4.69) is 0 Å². The second-order valence-corrected chi connectivity index (χ2v) is 4.24. The van der Waals surface area contributed by atoms with E-state index in [0.29, 0.717) is 0 Å². The van der Waals surface area contributed by atoms with E-state index >= 15 is 0 Å². The summed E-state index contributed by atoms with van der Waals surface area (Å²) in [5, 5.41) is 0. The first-order valence-electron chi connectivity index (χ1n) is 1.83. The summed E-state index contributed by atoms with van der Waals surface area (Å²) in [6.45, 7) is 0. The minimum atomic E-state index is 1.46. The molecule has 0 saturated heterocycles. The molecule has 0 unspecified atom stereocenters. The van der Waals surface area contributed by atoms with Gasteiger partial charge in [-0.05, 0) is 18.7 Å². The molecule has 0 radical (unpaired) electrons. The van der Waals surface area contributed by atoms with E-state index in [9.17, 15) is 0 Å². The number of hydrogen-bond donors (Lipinski definition) is 0. The summed E-state index contributed by atoms with van der Waals surface area (Å²) in [6, 6.07) is 0. The summed E-state index contributed by atoms with van der Waals surface area (Å²) in [5.74, 6) is 0. The fourth-order valence-electron chi connectivity index (χ4n) is 0.354. The molecular weight excluding hydrogens is 98.0 g/mol. The molecule has 0 atom stereocenters. The maximum absolute atomic E-state index is 1.66. The highest BCUT2D eigenvalue weighted by Gasteiger charge is 1.86. The van der Waals surface area contributed by atoms with Gasteiger partial charge in [-0.1, -0.05) is 15.7 Å². The zero-order valence-corrected chi connectivity index (χ0v) is 4.80. The van der Waals surface area contributed by atoms with Crippen LogP contribution in [0.15, 0.2) is 0 Å². The highest BCUT2D eigenvalue weighted by Crippen LogP contribution is 2.24. The van der Waals surface area contributed by atoms with Crippen LogP contribution in [0, 0.1) is 0 Å². The molecule has 0 amide bonds. The molecule has 0 aromatic carbocycles. The van der Waals surface area contributed by atoms with Gasteiger partial charge in [-0.3, -0.25) is 0 Å². The third-order valence-corrected chi connectivity index (χ3v) is 3.65. The quantitative estimate of drug-likeness (QED) is 0.413. The smallest absolute Gasteiger partial charge is 0.00595 e. The lowest BCUT2D eigenvalue weighted by Gasteiger charge is -1.67. The molecule has 0 fully saturated rings. The van der Waals surface area contributed by atoms with E-state index < -0.39 is 0 Å². The molecule has 2 heteroatoms. The van der Waals surface area contributed by atoms with Crippen LogP contribution in [0.1, 0.15) is 6.42 Å². The topological polar surface area (TPSA) is 0 Å². The van der Waals surface area contributed by atoms with Crippen LogP contribution in [0.5, 0.6) is 0 Å². The van der Waals surface area contributed by atoms with Crippen LogP contribution in [-0.4, -0.2) is 12.3 Å². The first-order chi connectivity index (χ1) is 2.50. The lowest BCUT2D eigenvalue weighted by atomic mass is 10.6. The Kier molecular flexibility index (Phi) is 1.44. The molecule has 28 valence electrons. The Hall–Kier alpha value is 0.600. The summed E-state index contributed by atoms with van der Waals surface area (Å²) >= 11 is 0. The third-order valence-electron chi connectivity index (χ3n) is 0.616. The molecule has 5 heavy (non-hydrogen) atoms. The lowest BCUT2D eigenvalue weighted by Crippen LogP contribution is -1.64. The van der Waals surface area contributed by atoms with Gasteiger partial charge in [0.05, 0.1) is 0 Å². The molecule has 0 aromatic rings. The second kappa shape index (κ2) is 1.90. The Morgan fingerprint density at radius 2 is 1.60 bits per heavy atom. The molecule has 0 nitrogen and oxygen atoms in total. The minimum absolute atomic E-state index is 1.46. The average molecular weight is 104 g/mol. The summed E-state index contributed by atoms with van der Waals surface area (Å²) in [4.78, 5) is 0. The van der Waals surface area contributed by atoms with Gasteiger partial charge in [0.15, 0.2) is 0 Å². The Labute approximate surface area is 35.4 Å². The van der Waals surface area contributed by atoms with Gasteiger partial charge in [0.25, 0.3) is 0 Å². The van der Waals surface area contributed by atoms with Crippen LogP contribution in [0.2, 0.25) is 0 Å². The molecule has 0 aliphatic carbocycles. The van der Waals surface area contributed by atoms with Gasteiger partial charge in [-0.25, -0.2) is 0 Å². The Bertz CT molecular complexity index is 42.9. The van der Waals surface area contributed by atoms with Crippen LogP contribution in [0.3, 0.4) is 0 Å². The molecule has 1 heterocycles. The molecule has 0 spiro atoms. The van der Waals surface area contributed by atoms with Crippen molar-refractivity contribution in [3.8, 4) is 0 Å². The van der Waals surface area contributed by atoms with Gasteiger partial charge in [0, 0.05) is 0 Å². The van der Waals surface area contributed by atoms with Crippen LogP contribution in [-0.2, 0) is 0 Å². The van der Waals surface area contributed by atoms with Crippen molar-refractivity contribution in [2.24, 2.45) is 0 Å². The van der Waals surface area contributed by atoms with E-state index in [1.54, 1.807) is 15.7 Å². The van der Waals surface area contributed by atoms with Crippen molar-refractivity contribution in [1.29, 1.82) is 0 Å². The summed E-state index contributed by atoms with van der Waals surface area (Å²) < 4.78 is 0.